The lowest BCUT2D eigenvalue weighted by atomic mass is 9.84. The number of nitrogens with two attached hydrogens (primary N) is 1. The Morgan fingerprint density at radius 3 is 2.60 bits per heavy atom. The maximum atomic E-state index is 9.19. The molecule has 2 heterocycles. The fraction of sp³-hybridized carbons (Fsp3) is 0.389. The van der Waals surface area contributed by atoms with Crippen molar-refractivity contribution in [1.82, 2.24) is 0 Å². The summed E-state index contributed by atoms with van der Waals surface area (Å²) in [6.07, 6.45) is 2.16. The number of thiocarbonyl (C=S) groups is 1. The number of nitrogens with zero attached hydrogens (tertiary/aromatic N) is 1. The van der Waals surface area contributed by atoms with Crippen LogP contribution in [0.15, 0.2) is 17.0 Å². The first-order valence-corrected chi connectivity index (χ1v) is 10.9. The molecule has 0 aliphatic heterocycles. The SMILES string of the molecule is C/C(=C/c1cc2c(s1)-c1sc(N(C)CCO)cc1C2(C)C)SC(N)=S. The van der Waals surface area contributed by atoms with E-state index in [0.717, 1.165) is 4.91 Å². The van der Waals surface area contributed by atoms with Gasteiger partial charge in [-0.05, 0) is 41.2 Å². The van der Waals surface area contributed by atoms with Crippen LogP contribution < -0.4 is 10.6 Å². The van der Waals surface area contributed by atoms with Crippen molar-refractivity contribution in [3.05, 3.63) is 33.0 Å². The van der Waals surface area contributed by atoms with Gasteiger partial charge in [0, 0.05) is 28.8 Å². The number of likely N-dealkylation sites (N-methyl/N-ethyl adjacent to an activating group) is 1. The number of hydrogen-bond donors (Lipinski definition) is 2. The second kappa shape index (κ2) is 7.04. The molecule has 0 radical (unpaired) electrons. The van der Waals surface area contributed by atoms with Crippen molar-refractivity contribution < 1.29 is 5.11 Å². The summed E-state index contributed by atoms with van der Waals surface area (Å²) in [7, 11) is 2.03. The Hall–Kier alpha value is -0.860. The summed E-state index contributed by atoms with van der Waals surface area (Å²) in [5.74, 6) is 0. The number of thiophene rings is 2. The van der Waals surface area contributed by atoms with E-state index in [9.17, 15) is 5.11 Å². The van der Waals surface area contributed by atoms with Crippen LogP contribution in [0.4, 0.5) is 5.00 Å². The smallest absolute Gasteiger partial charge is 0.135 e. The average Bonchev–Trinajstić information content (AvgIpc) is 3.13. The highest BCUT2D eigenvalue weighted by molar-refractivity contribution is 8.25. The standard InChI is InChI=1S/C18H22N2OS4/c1-10(23-17(19)22)7-11-8-12-15(24-11)16-13(18(12,2)3)9-14(25-16)20(4)5-6-21/h7-9,21H,5-6H2,1-4H3,(H2,19,22)/b10-7-. The lowest BCUT2D eigenvalue weighted by Crippen LogP contribution is -2.20. The van der Waals surface area contributed by atoms with Crippen molar-refractivity contribution in [3.63, 3.8) is 0 Å². The summed E-state index contributed by atoms with van der Waals surface area (Å²) in [4.78, 5) is 7.21. The van der Waals surface area contributed by atoms with Crippen LogP contribution in [0.25, 0.3) is 15.8 Å². The molecule has 2 aromatic rings. The molecule has 0 unspecified atom stereocenters. The zero-order chi connectivity index (χ0) is 18.4. The molecular weight excluding hydrogens is 388 g/mol. The molecule has 1 aliphatic carbocycles. The first-order valence-electron chi connectivity index (χ1n) is 8.00. The second-order valence-corrected chi connectivity index (χ2v) is 10.8. The van der Waals surface area contributed by atoms with E-state index >= 15 is 0 Å². The first kappa shape index (κ1) is 18.9. The lowest BCUT2D eigenvalue weighted by Gasteiger charge is -2.20. The van der Waals surface area contributed by atoms with Gasteiger partial charge in [0.25, 0.3) is 0 Å². The Balaban J connectivity index is 1.99. The normalized spacial score (nSPS) is 15.2. The third kappa shape index (κ3) is 3.53. The minimum absolute atomic E-state index is 0.00623. The van der Waals surface area contributed by atoms with E-state index in [2.05, 4.69) is 37.0 Å². The Morgan fingerprint density at radius 1 is 1.32 bits per heavy atom. The quantitative estimate of drug-likeness (QED) is 0.688. The number of aliphatic hydroxyl groups excluding tert-OH is 1. The highest BCUT2D eigenvalue weighted by Crippen LogP contribution is 2.57. The van der Waals surface area contributed by atoms with Crippen LogP contribution in [0.3, 0.4) is 0 Å². The molecular formula is C18H22N2OS4. The number of aliphatic hydroxyl groups is 1. The third-order valence-electron chi connectivity index (χ3n) is 4.44. The highest BCUT2D eigenvalue weighted by Gasteiger charge is 2.39. The monoisotopic (exact) mass is 410 g/mol. The summed E-state index contributed by atoms with van der Waals surface area (Å²) in [6.45, 7) is 7.44. The zero-order valence-electron chi connectivity index (χ0n) is 14.8. The van der Waals surface area contributed by atoms with Gasteiger partial charge in [0.1, 0.15) is 4.32 Å². The average molecular weight is 411 g/mol. The van der Waals surface area contributed by atoms with E-state index in [-0.39, 0.29) is 12.0 Å². The molecule has 3 rings (SSSR count). The predicted molar refractivity (Wildman–Crippen MR) is 118 cm³/mol. The van der Waals surface area contributed by atoms with Gasteiger partial charge in [0.2, 0.25) is 0 Å². The highest BCUT2D eigenvalue weighted by atomic mass is 32.2. The molecule has 0 amide bonds. The summed E-state index contributed by atoms with van der Waals surface area (Å²) in [5, 5.41) is 10.4. The molecule has 1 aliphatic rings. The first-order chi connectivity index (χ1) is 11.7. The van der Waals surface area contributed by atoms with Crippen LogP contribution in [0, 0.1) is 0 Å². The number of fused-ring (bicyclic) bond motifs is 3. The molecule has 3 nitrogen and oxygen atoms in total. The van der Waals surface area contributed by atoms with E-state index in [1.807, 2.05) is 36.6 Å². The maximum absolute atomic E-state index is 9.19. The fourth-order valence-corrected chi connectivity index (χ4v) is 6.86. The van der Waals surface area contributed by atoms with Crippen LogP contribution in [-0.4, -0.2) is 29.6 Å². The molecule has 0 saturated carbocycles. The molecule has 0 fully saturated rings. The van der Waals surface area contributed by atoms with E-state index < -0.39 is 0 Å². The van der Waals surface area contributed by atoms with Crippen molar-refractivity contribution in [2.45, 2.75) is 26.2 Å². The van der Waals surface area contributed by atoms with Gasteiger partial charge < -0.3 is 15.7 Å². The maximum Gasteiger partial charge on any atom is 0.135 e. The molecule has 25 heavy (non-hydrogen) atoms. The van der Waals surface area contributed by atoms with Gasteiger partial charge in [-0.1, -0.05) is 37.8 Å². The molecule has 7 heteroatoms. The van der Waals surface area contributed by atoms with Gasteiger partial charge in [-0.2, -0.15) is 0 Å². The third-order valence-corrected chi connectivity index (χ3v) is 7.83. The molecule has 0 aromatic carbocycles. The minimum atomic E-state index is 0.00623. The number of anilines is 1. The van der Waals surface area contributed by atoms with Gasteiger partial charge in [-0.3, -0.25) is 0 Å². The van der Waals surface area contributed by atoms with Gasteiger partial charge in [0.05, 0.1) is 16.5 Å². The number of rotatable bonds is 5. The van der Waals surface area contributed by atoms with Gasteiger partial charge in [0.15, 0.2) is 0 Å². The second-order valence-electron chi connectivity index (χ2n) is 6.67. The largest absolute Gasteiger partial charge is 0.395 e. The summed E-state index contributed by atoms with van der Waals surface area (Å²) in [6, 6.07) is 4.58. The van der Waals surface area contributed by atoms with Crippen LogP contribution in [0.2, 0.25) is 0 Å². The molecule has 0 atom stereocenters. The van der Waals surface area contributed by atoms with Gasteiger partial charge >= 0.3 is 0 Å². The molecule has 0 spiro atoms. The Morgan fingerprint density at radius 2 is 1.96 bits per heavy atom. The molecule has 3 N–H and O–H groups in total. The predicted octanol–water partition coefficient (Wildman–Crippen LogP) is 4.88. The van der Waals surface area contributed by atoms with Crippen LogP contribution in [0.1, 0.15) is 36.8 Å². The Bertz CT molecular complexity index is 847. The number of allylic oxidation sites excluding steroid dienone is 1. The van der Waals surface area contributed by atoms with E-state index in [4.69, 9.17) is 18.0 Å². The van der Waals surface area contributed by atoms with Crippen molar-refractivity contribution in [2.24, 2.45) is 5.73 Å². The van der Waals surface area contributed by atoms with E-state index in [1.54, 1.807) is 0 Å². The van der Waals surface area contributed by atoms with Crippen molar-refractivity contribution >= 4 is 62.1 Å². The summed E-state index contributed by atoms with van der Waals surface area (Å²) >= 11 is 10.1. The van der Waals surface area contributed by atoms with Crippen molar-refractivity contribution in [1.29, 1.82) is 0 Å². The van der Waals surface area contributed by atoms with E-state index in [1.165, 1.54) is 42.5 Å². The topological polar surface area (TPSA) is 49.5 Å². The van der Waals surface area contributed by atoms with Crippen molar-refractivity contribution in [3.8, 4) is 9.75 Å². The summed E-state index contributed by atoms with van der Waals surface area (Å²) in [5.41, 5.74) is 8.41. The molecule has 0 saturated heterocycles. The molecule has 134 valence electrons. The Labute approximate surface area is 166 Å². The van der Waals surface area contributed by atoms with Gasteiger partial charge in [-0.15, -0.1) is 22.7 Å². The van der Waals surface area contributed by atoms with Crippen molar-refractivity contribution in [2.75, 3.05) is 25.1 Å². The zero-order valence-corrected chi connectivity index (χ0v) is 18.0. The minimum Gasteiger partial charge on any atom is -0.395 e. The molecule has 0 bridgehead atoms. The van der Waals surface area contributed by atoms with Crippen LogP contribution >= 0.6 is 46.7 Å². The molecule has 2 aromatic heterocycles. The Kier molecular flexibility index (Phi) is 5.33. The number of hydrogen-bond acceptors (Lipinski definition) is 6. The van der Waals surface area contributed by atoms with E-state index in [0.29, 0.717) is 10.9 Å². The fourth-order valence-electron chi connectivity index (χ4n) is 3.11. The van der Waals surface area contributed by atoms with Crippen LogP contribution in [-0.2, 0) is 5.41 Å². The van der Waals surface area contributed by atoms with Crippen LogP contribution in [0.5, 0.6) is 0 Å². The lowest BCUT2D eigenvalue weighted by molar-refractivity contribution is 0.304. The summed E-state index contributed by atoms with van der Waals surface area (Å²) < 4.78 is 0.454. The van der Waals surface area contributed by atoms with Gasteiger partial charge in [-0.25, -0.2) is 0 Å². The number of thioether (sulfide) groups is 1.